The molecular weight excluding hydrogens is 258 g/mol. The average Bonchev–Trinajstić information content (AvgIpc) is 2.96. The van der Waals surface area contributed by atoms with Crippen LogP contribution in [0.2, 0.25) is 0 Å². The van der Waals surface area contributed by atoms with Crippen molar-refractivity contribution in [3.05, 3.63) is 36.7 Å². The highest BCUT2D eigenvalue weighted by Crippen LogP contribution is 2.31. The van der Waals surface area contributed by atoms with Gasteiger partial charge in [-0.25, -0.2) is 0 Å². The zero-order chi connectivity index (χ0) is 14.5. The first-order chi connectivity index (χ1) is 9.69. The van der Waals surface area contributed by atoms with Gasteiger partial charge in [-0.1, -0.05) is 11.2 Å². The van der Waals surface area contributed by atoms with Crippen molar-refractivity contribution in [3.8, 4) is 22.9 Å². The Bertz CT molecular complexity index is 595. The van der Waals surface area contributed by atoms with E-state index in [0.717, 1.165) is 5.56 Å². The number of nitrogens with zero attached hydrogens (tertiary/aromatic N) is 2. The first-order valence-corrected chi connectivity index (χ1v) is 6.12. The van der Waals surface area contributed by atoms with E-state index in [2.05, 4.69) is 16.7 Å². The summed E-state index contributed by atoms with van der Waals surface area (Å²) in [6.07, 6.45) is 2.29. The van der Waals surface area contributed by atoms with Crippen LogP contribution in [0, 0.1) is 0 Å². The number of ether oxygens (including phenoxy) is 2. The van der Waals surface area contributed by atoms with Gasteiger partial charge in [0.1, 0.15) is 0 Å². The average molecular weight is 275 g/mol. The van der Waals surface area contributed by atoms with Gasteiger partial charge in [-0.2, -0.15) is 4.98 Å². The molecular formula is C14H17N3O3. The molecule has 2 rings (SSSR count). The Hall–Kier alpha value is -2.34. The van der Waals surface area contributed by atoms with Crippen molar-refractivity contribution in [2.24, 2.45) is 5.73 Å². The lowest BCUT2D eigenvalue weighted by atomic mass is 10.2. The van der Waals surface area contributed by atoms with Gasteiger partial charge in [-0.05, 0) is 24.6 Å². The highest BCUT2D eigenvalue weighted by atomic mass is 16.5. The second-order valence-corrected chi connectivity index (χ2v) is 4.16. The molecule has 0 bridgehead atoms. The lowest BCUT2D eigenvalue weighted by Crippen LogP contribution is -2.09. The predicted octanol–water partition coefficient (Wildman–Crippen LogP) is 2.33. The minimum Gasteiger partial charge on any atom is -0.493 e. The first-order valence-electron chi connectivity index (χ1n) is 6.12. The molecule has 0 spiro atoms. The van der Waals surface area contributed by atoms with Gasteiger partial charge in [0.15, 0.2) is 11.5 Å². The van der Waals surface area contributed by atoms with E-state index >= 15 is 0 Å². The van der Waals surface area contributed by atoms with E-state index < -0.39 is 0 Å². The van der Waals surface area contributed by atoms with Crippen LogP contribution in [-0.4, -0.2) is 24.4 Å². The van der Waals surface area contributed by atoms with Crippen LogP contribution in [0.5, 0.6) is 11.5 Å². The molecule has 1 aromatic heterocycles. The molecule has 6 nitrogen and oxygen atoms in total. The maximum absolute atomic E-state index is 5.89. The summed E-state index contributed by atoms with van der Waals surface area (Å²) in [5.74, 6) is 2.09. The normalized spacial score (nSPS) is 11.9. The van der Waals surface area contributed by atoms with Crippen LogP contribution < -0.4 is 15.2 Å². The van der Waals surface area contributed by atoms with Gasteiger partial charge in [0.25, 0.3) is 0 Å². The molecule has 2 N–H and O–H groups in total. The van der Waals surface area contributed by atoms with E-state index in [1.54, 1.807) is 32.4 Å². The maximum atomic E-state index is 5.89. The fourth-order valence-electron chi connectivity index (χ4n) is 1.76. The summed E-state index contributed by atoms with van der Waals surface area (Å²) in [5, 5.41) is 3.92. The minimum atomic E-state index is -0.339. The molecule has 1 heterocycles. The second kappa shape index (κ2) is 6.21. The van der Waals surface area contributed by atoms with Crippen LogP contribution in [0.25, 0.3) is 11.4 Å². The summed E-state index contributed by atoms with van der Waals surface area (Å²) in [5.41, 5.74) is 6.65. The van der Waals surface area contributed by atoms with Gasteiger partial charge in [0.05, 0.1) is 20.3 Å². The molecule has 1 unspecified atom stereocenters. The smallest absolute Gasteiger partial charge is 0.244 e. The van der Waals surface area contributed by atoms with Gasteiger partial charge < -0.3 is 19.7 Å². The quantitative estimate of drug-likeness (QED) is 0.814. The molecule has 2 aromatic rings. The SMILES string of the molecule is C=CCC(N)c1nc(-c2ccc(OC)c(OC)c2)no1. The molecule has 20 heavy (non-hydrogen) atoms. The molecule has 0 saturated carbocycles. The summed E-state index contributed by atoms with van der Waals surface area (Å²) in [6, 6.07) is 5.06. The Morgan fingerprint density at radius 2 is 2.10 bits per heavy atom. The molecule has 0 aliphatic heterocycles. The van der Waals surface area contributed by atoms with Gasteiger partial charge in [0.2, 0.25) is 11.7 Å². The third-order valence-corrected chi connectivity index (χ3v) is 2.82. The molecule has 1 aromatic carbocycles. The number of aromatic nitrogens is 2. The van der Waals surface area contributed by atoms with E-state index in [-0.39, 0.29) is 6.04 Å². The monoisotopic (exact) mass is 275 g/mol. The van der Waals surface area contributed by atoms with E-state index in [4.69, 9.17) is 19.7 Å². The molecule has 1 atom stereocenters. The van der Waals surface area contributed by atoms with E-state index in [9.17, 15) is 0 Å². The highest BCUT2D eigenvalue weighted by Gasteiger charge is 2.15. The van der Waals surface area contributed by atoms with Gasteiger partial charge in [-0.3, -0.25) is 0 Å². The fraction of sp³-hybridized carbons (Fsp3) is 0.286. The highest BCUT2D eigenvalue weighted by molar-refractivity contribution is 5.60. The Kier molecular flexibility index (Phi) is 4.37. The molecule has 0 saturated heterocycles. The molecule has 0 aliphatic rings. The van der Waals surface area contributed by atoms with E-state index in [0.29, 0.717) is 29.6 Å². The summed E-state index contributed by atoms with van der Waals surface area (Å²) < 4.78 is 15.6. The molecule has 0 radical (unpaired) electrons. The summed E-state index contributed by atoms with van der Waals surface area (Å²) in [4.78, 5) is 4.28. The van der Waals surface area contributed by atoms with Crippen LogP contribution in [0.3, 0.4) is 0 Å². The standard InChI is InChI=1S/C14H17N3O3/c1-4-5-10(15)14-16-13(17-20-14)9-6-7-11(18-2)12(8-9)19-3/h4,6-8,10H,1,5,15H2,2-3H3. The van der Waals surface area contributed by atoms with Crippen LogP contribution >= 0.6 is 0 Å². The van der Waals surface area contributed by atoms with Crippen molar-refractivity contribution in [2.45, 2.75) is 12.5 Å². The lowest BCUT2D eigenvalue weighted by Gasteiger charge is -2.07. The van der Waals surface area contributed by atoms with Crippen LogP contribution in [-0.2, 0) is 0 Å². The first kappa shape index (κ1) is 14.1. The van der Waals surface area contributed by atoms with Gasteiger partial charge >= 0.3 is 0 Å². The summed E-state index contributed by atoms with van der Waals surface area (Å²) >= 11 is 0. The molecule has 0 aliphatic carbocycles. The summed E-state index contributed by atoms with van der Waals surface area (Å²) in [6.45, 7) is 3.63. The number of benzene rings is 1. The molecule has 6 heteroatoms. The van der Waals surface area contributed by atoms with E-state index in [1.807, 2.05) is 6.07 Å². The fourth-order valence-corrected chi connectivity index (χ4v) is 1.76. The van der Waals surface area contributed by atoms with Crippen LogP contribution in [0.15, 0.2) is 35.4 Å². The molecule has 0 amide bonds. The number of nitrogens with two attached hydrogens (primary N) is 1. The van der Waals surface area contributed by atoms with Gasteiger partial charge in [0, 0.05) is 5.56 Å². The summed E-state index contributed by atoms with van der Waals surface area (Å²) in [7, 11) is 3.15. The molecule has 106 valence electrons. The molecule has 0 fully saturated rings. The number of hydrogen-bond donors (Lipinski definition) is 1. The van der Waals surface area contributed by atoms with Crippen LogP contribution in [0.1, 0.15) is 18.4 Å². The maximum Gasteiger partial charge on any atom is 0.244 e. The second-order valence-electron chi connectivity index (χ2n) is 4.16. The van der Waals surface area contributed by atoms with Crippen molar-refractivity contribution < 1.29 is 14.0 Å². The van der Waals surface area contributed by atoms with Crippen molar-refractivity contribution in [3.63, 3.8) is 0 Å². The van der Waals surface area contributed by atoms with Crippen LogP contribution in [0.4, 0.5) is 0 Å². The Balaban J connectivity index is 2.30. The number of methoxy groups -OCH3 is 2. The topological polar surface area (TPSA) is 83.4 Å². The van der Waals surface area contributed by atoms with Gasteiger partial charge in [-0.15, -0.1) is 6.58 Å². The predicted molar refractivity (Wildman–Crippen MR) is 74.6 cm³/mol. The van der Waals surface area contributed by atoms with Crippen molar-refractivity contribution in [2.75, 3.05) is 14.2 Å². The Labute approximate surface area is 117 Å². The number of rotatable bonds is 6. The number of hydrogen-bond acceptors (Lipinski definition) is 6. The largest absolute Gasteiger partial charge is 0.493 e. The van der Waals surface area contributed by atoms with Crippen molar-refractivity contribution in [1.29, 1.82) is 0 Å². The van der Waals surface area contributed by atoms with Crippen molar-refractivity contribution >= 4 is 0 Å². The third kappa shape index (κ3) is 2.80. The Morgan fingerprint density at radius 1 is 1.35 bits per heavy atom. The zero-order valence-corrected chi connectivity index (χ0v) is 11.5. The lowest BCUT2D eigenvalue weighted by molar-refractivity contribution is 0.354. The Morgan fingerprint density at radius 3 is 2.75 bits per heavy atom. The third-order valence-electron chi connectivity index (χ3n) is 2.82. The minimum absolute atomic E-state index is 0.339. The van der Waals surface area contributed by atoms with E-state index in [1.165, 1.54) is 0 Å². The van der Waals surface area contributed by atoms with Crippen molar-refractivity contribution in [1.82, 2.24) is 10.1 Å². The zero-order valence-electron chi connectivity index (χ0n) is 11.5.